The fourth-order valence-corrected chi connectivity index (χ4v) is 2.16. The van der Waals surface area contributed by atoms with Gasteiger partial charge in [-0.15, -0.1) is 0 Å². The highest BCUT2D eigenvalue weighted by molar-refractivity contribution is 5.96. The predicted molar refractivity (Wildman–Crippen MR) is 88.4 cm³/mol. The van der Waals surface area contributed by atoms with E-state index < -0.39 is 0 Å². The number of para-hydroxylation sites is 1. The molecule has 122 valence electrons. The molecule has 1 heterocycles. The summed E-state index contributed by atoms with van der Waals surface area (Å²) in [5, 5.41) is 3.53. The van der Waals surface area contributed by atoms with Gasteiger partial charge in [-0.05, 0) is 24.3 Å². The van der Waals surface area contributed by atoms with E-state index in [1.165, 1.54) is 0 Å². The first kappa shape index (κ1) is 15.8. The first-order valence-corrected chi connectivity index (χ1v) is 7.48. The Balaban J connectivity index is 1.41. The lowest BCUT2D eigenvalue weighted by Crippen LogP contribution is -2.31. The first-order chi connectivity index (χ1) is 11.7. The zero-order valence-electron chi connectivity index (χ0n) is 12.8. The Kier molecular flexibility index (Phi) is 4.88. The smallest absolute Gasteiger partial charge is 0.287 e. The van der Waals surface area contributed by atoms with Gasteiger partial charge < -0.3 is 9.73 Å². The van der Waals surface area contributed by atoms with Crippen LogP contribution in [0.25, 0.3) is 11.0 Å². The number of hydrogen-bond donors (Lipinski definition) is 2. The van der Waals surface area contributed by atoms with Crippen molar-refractivity contribution >= 4 is 22.8 Å². The maximum absolute atomic E-state index is 12.0. The van der Waals surface area contributed by atoms with Crippen LogP contribution in [0, 0.1) is 0 Å². The molecule has 0 fully saturated rings. The van der Waals surface area contributed by atoms with Gasteiger partial charge in [0, 0.05) is 17.5 Å². The molecular weight excluding hydrogens is 308 g/mol. The standard InChI is InChI=1S/C18H16N2O4/c21-17(13-6-2-1-3-7-13)20-23-11-10-19-18(22)16-12-14-8-4-5-9-15(14)24-16/h1-9,12H,10-11H2,(H,19,22)(H,20,21). The Morgan fingerprint density at radius 2 is 1.71 bits per heavy atom. The van der Waals surface area contributed by atoms with Gasteiger partial charge in [0.05, 0.1) is 6.61 Å². The van der Waals surface area contributed by atoms with Crippen LogP contribution in [-0.2, 0) is 4.84 Å². The van der Waals surface area contributed by atoms with Gasteiger partial charge in [-0.3, -0.25) is 14.4 Å². The second kappa shape index (κ2) is 7.43. The zero-order chi connectivity index (χ0) is 16.8. The van der Waals surface area contributed by atoms with E-state index in [0.29, 0.717) is 11.1 Å². The molecule has 0 radical (unpaired) electrons. The van der Waals surface area contributed by atoms with E-state index in [2.05, 4.69) is 10.8 Å². The van der Waals surface area contributed by atoms with E-state index in [0.717, 1.165) is 5.39 Å². The first-order valence-electron chi connectivity index (χ1n) is 7.48. The van der Waals surface area contributed by atoms with Crippen molar-refractivity contribution in [1.82, 2.24) is 10.8 Å². The van der Waals surface area contributed by atoms with E-state index >= 15 is 0 Å². The van der Waals surface area contributed by atoms with E-state index in [1.54, 1.807) is 36.4 Å². The van der Waals surface area contributed by atoms with Crippen LogP contribution < -0.4 is 10.8 Å². The van der Waals surface area contributed by atoms with Crippen LogP contribution in [-0.4, -0.2) is 25.0 Å². The summed E-state index contributed by atoms with van der Waals surface area (Å²) in [5.41, 5.74) is 3.48. The summed E-state index contributed by atoms with van der Waals surface area (Å²) in [5.74, 6) is -0.423. The molecule has 0 aliphatic heterocycles. The van der Waals surface area contributed by atoms with Crippen LogP contribution in [0.4, 0.5) is 0 Å². The number of fused-ring (bicyclic) bond motifs is 1. The third-order valence-corrected chi connectivity index (χ3v) is 3.34. The molecule has 24 heavy (non-hydrogen) atoms. The number of carbonyl (C=O) groups excluding carboxylic acids is 2. The van der Waals surface area contributed by atoms with Crippen molar-refractivity contribution in [3.05, 3.63) is 72.0 Å². The molecule has 3 aromatic rings. The molecule has 0 spiro atoms. The zero-order valence-corrected chi connectivity index (χ0v) is 12.8. The number of carbonyl (C=O) groups is 2. The molecule has 6 nitrogen and oxygen atoms in total. The van der Waals surface area contributed by atoms with Gasteiger partial charge in [0.2, 0.25) is 0 Å². The summed E-state index contributed by atoms with van der Waals surface area (Å²) in [4.78, 5) is 28.8. The van der Waals surface area contributed by atoms with Crippen LogP contribution in [0.5, 0.6) is 0 Å². The largest absolute Gasteiger partial charge is 0.451 e. The van der Waals surface area contributed by atoms with Crippen LogP contribution in [0.15, 0.2) is 65.1 Å². The lowest BCUT2D eigenvalue weighted by Gasteiger charge is -2.06. The number of rotatable bonds is 6. The fourth-order valence-electron chi connectivity index (χ4n) is 2.16. The summed E-state index contributed by atoms with van der Waals surface area (Å²) >= 11 is 0. The van der Waals surface area contributed by atoms with Crippen molar-refractivity contribution in [3.8, 4) is 0 Å². The second-order valence-electron chi connectivity index (χ2n) is 5.05. The molecule has 2 N–H and O–H groups in total. The van der Waals surface area contributed by atoms with Crippen molar-refractivity contribution in [2.45, 2.75) is 0 Å². The minimum atomic E-state index is -0.334. The molecule has 0 unspecified atom stereocenters. The average molecular weight is 324 g/mol. The van der Waals surface area contributed by atoms with Crippen molar-refractivity contribution in [2.24, 2.45) is 0 Å². The highest BCUT2D eigenvalue weighted by Crippen LogP contribution is 2.18. The molecule has 1 aromatic heterocycles. The second-order valence-corrected chi connectivity index (χ2v) is 5.05. The molecule has 0 aliphatic carbocycles. The number of hydroxylamine groups is 1. The number of furan rings is 1. The van der Waals surface area contributed by atoms with Crippen molar-refractivity contribution in [1.29, 1.82) is 0 Å². The Hall–Kier alpha value is -3.12. The molecule has 0 atom stereocenters. The lowest BCUT2D eigenvalue weighted by molar-refractivity contribution is 0.0322. The summed E-state index contributed by atoms with van der Waals surface area (Å²) in [7, 11) is 0. The number of nitrogens with one attached hydrogen (secondary N) is 2. The van der Waals surface area contributed by atoms with Gasteiger partial charge in [-0.25, -0.2) is 5.48 Å². The van der Waals surface area contributed by atoms with Crippen LogP contribution >= 0.6 is 0 Å². The van der Waals surface area contributed by atoms with Crippen LogP contribution in [0.2, 0.25) is 0 Å². The minimum Gasteiger partial charge on any atom is -0.451 e. The Morgan fingerprint density at radius 3 is 2.50 bits per heavy atom. The molecule has 0 aliphatic rings. The molecular formula is C18H16N2O4. The van der Waals surface area contributed by atoms with Gasteiger partial charge >= 0.3 is 0 Å². The predicted octanol–water partition coefficient (Wildman–Crippen LogP) is 2.52. The highest BCUT2D eigenvalue weighted by Gasteiger charge is 2.11. The quantitative estimate of drug-likeness (QED) is 0.539. The van der Waals surface area contributed by atoms with E-state index in [-0.39, 0.29) is 30.7 Å². The summed E-state index contributed by atoms with van der Waals surface area (Å²) in [6.45, 7) is 0.384. The molecule has 2 amide bonds. The number of hydrogen-bond acceptors (Lipinski definition) is 4. The average Bonchev–Trinajstić information content (AvgIpc) is 3.06. The van der Waals surface area contributed by atoms with Crippen molar-refractivity contribution in [2.75, 3.05) is 13.2 Å². The third kappa shape index (κ3) is 3.80. The normalized spacial score (nSPS) is 10.5. The van der Waals surface area contributed by atoms with Crippen LogP contribution in [0.3, 0.4) is 0 Å². The van der Waals surface area contributed by atoms with Gasteiger partial charge in [-0.1, -0.05) is 36.4 Å². The van der Waals surface area contributed by atoms with E-state index in [1.807, 2.05) is 24.3 Å². The Labute approximate surface area is 138 Å². The maximum atomic E-state index is 12.0. The summed E-state index contributed by atoms with van der Waals surface area (Å²) in [6, 6.07) is 17.8. The monoisotopic (exact) mass is 324 g/mol. The third-order valence-electron chi connectivity index (χ3n) is 3.34. The molecule has 0 bridgehead atoms. The summed E-state index contributed by atoms with van der Waals surface area (Å²) in [6.07, 6.45) is 0. The maximum Gasteiger partial charge on any atom is 0.287 e. The van der Waals surface area contributed by atoms with Crippen molar-refractivity contribution in [3.63, 3.8) is 0 Å². The molecule has 0 saturated heterocycles. The molecule has 3 rings (SSSR count). The van der Waals surface area contributed by atoms with Gasteiger partial charge in [0.1, 0.15) is 5.58 Å². The van der Waals surface area contributed by atoms with E-state index in [9.17, 15) is 9.59 Å². The van der Waals surface area contributed by atoms with Gasteiger partial charge in [0.25, 0.3) is 11.8 Å². The molecule has 6 heteroatoms. The highest BCUT2D eigenvalue weighted by atomic mass is 16.6. The summed E-state index contributed by atoms with van der Waals surface area (Å²) < 4.78 is 5.46. The van der Waals surface area contributed by atoms with Crippen molar-refractivity contribution < 1.29 is 18.8 Å². The Morgan fingerprint density at radius 1 is 0.958 bits per heavy atom. The minimum absolute atomic E-state index is 0.143. The molecule has 2 aromatic carbocycles. The van der Waals surface area contributed by atoms with Crippen LogP contribution in [0.1, 0.15) is 20.9 Å². The molecule has 0 saturated carbocycles. The van der Waals surface area contributed by atoms with E-state index in [4.69, 9.17) is 9.25 Å². The number of benzene rings is 2. The lowest BCUT2D eigenvalue weighted by atomic mass is 10.2. The SMILES string of the molecule is O=C(NOCCNC(=O)c1cc2ccccc2o1)c1ccccc1. The van der Waals surface area contributed by atoms with Gasteiger partial charge in [0.15, 0.2) is 5.76 Å². The fraction of sp³-hybridized carbons (Fsp3) is 0.111. The Bertz CT molecular complexity index is 809. The number of amides is 2. The van der Waals surface area contributed by atoms with Gasteiger partial charge in [-0.2, -0.15) is 0 Å². The topological polar surface area (TPSA) is 80.6 Å².